The Balaban J connectivity index is 2.82. The molecule has 3 nitrogen and oxygen atoms in total. The number of hydrogen-bond donors (Lipinski definition) is 3. The van der Waals surface area contributed by atoms with Crippen molar-refractivity contribution in [1.82, 2.24) is 0 Å². The van der Waals surface area contributed by atoms with Crippen molar-refractivity contribution in [3.05, 3.63) is 35.4 Å². The highest BCUT2D eigenvalue weighted by Gasteiger charge is 2.17. The Hall–Kier alpha value is -1.34. The zero-order valence-corrected chi connectivity index (χ0v) is 8.43. The van der Waals surface area contributed by atoms with Gasteiger partial charge in [-0.1, -0.05) is 18.1 Å². The molecule has 0 saturated heterocycles. The highest BCUT2D eigenvalue weighted by atomic mass is 16.3. The van der Waals surface area contributed by atoms with Crippen LogP contribution in [0.2, 0.25) is 0 Å². The SMILES string of the molecule is C#Cc1cccc(C(O)C(O)CCN)c1. The molecule has 15 heavy (non-hydrogen) atoms. The zero-order valence-electron chi connectivity index (χ0n) is 8.43. The fourth-order valence-corrected chi connectivity index (χ4v) is 1.36. The number of benzene rings is 1. The van der Waals surface area contributed by atoms with Gasteiger partial charge in [0, 0.05) is 5.56 Å². The van der Waals surface area contributed by atoms with Gasteiger partial charge >= 0.3 is 0 Å². The first-order chi connectivity index (χ1) is 7.19. The van der Waals surface area contributed by atoms with Gasteiger partial charge in [0.05, 0.1) is 6.10 Å². The third kappa shape index (κ3) is 3.07. The molecule has 0 amide bonds. The molecule has 0 aliphatic heterocycles. The van der Waals surface area contributed by atoms with Crippen LogP contribution in [0, 0.1) is 12.3 Å². The fourth-order valence-electron chi connectivity index (χ4n) is 1.36. The van der Waals surface area contributed by atoms with Crippen LogP contribution in [0.4, 0.5) is 0 Å². The lowest BCUT2D eigenvalue weighted by Crippen LogP contribution is -2.21. The fraction of sp³-hybridized carbons (Fsp3) is 0.333. The predicted molar refractivity (Wildman–Crippen MR) is 59.0 cm³/mol. The summed E-state index contributed by atoms with van der Waals surface area (Å²) in [5.74, 6) is 2.48. The van der Waals surface area contributed by atoms with Crippen molar-refractivity contribution >= 4 is 0 Å². The second-order valence-corrected chi connectivity index (χ2v) is 3.36. The average Bonchev–Trinajstić information content (AvgIpc) is 2.28. The minimum atomic E-state index is -0.929. The Morgan fingerprint density at radius 2 is 2.13 bits per heavy atom. The molecule has 0 bridgehead atoms. The minimum absolute atomic E-state index is 0.340. The molecule has 0 heterocycles. The van der Waals surface area contributed by atoms with E-state index in [2.05, 4.69) is 5.92 Å². The van der Waals surface area contributed by atoms with Gasteiger partial charge in [-0.15, -0.1) is 6.42 Å². The Bertz CT molecular complexity index is 357. The summed E-state index contributed by atoms with van der Waals surface area (Å²) in [6.07, 6.45) is 3.83. The molecule has 0 aliphatic rings. The van der Waals surface area contributed by atoms with Gasteiger partial charge in [-0.05, 0) is 30.7 Å². The molecule has 0 spiro atoms. The summed E-state index contributed by atoms with van der Waals surface area (Å²) < 4.78 is 0. The number of aliphatic hydroxyl groups excluding tert-OH is 2. The lowest BCUT2D eigenvalue weighted by Gasteiger charge is -2.17. The summed E-state index contributed by atoms with van der Waals surface area (Å²) in [5, 5.41) is 19.3. The van der Waals surface area contributed by atoms with E-state index in [-0.39, 0.29) is 0 Å². The molecule has 0 fully saturated rings. The second-order valence-electron chi connectivity index (χ2n) is 3.36. The van der Waals surface area contributed by atoms with Crippen LogP contribution in [0.5, 0.6) is 0 Å². The van der Waals surface area contributed by atoms with Crippen molar-refractivity contribution in [3.63, 3.8) is 0 Å². The Labute approximate surface area is 89.5 Å². The normalized spacial score (nSPS) is 14.3. The molecule has 4 N–H and O–H groups in total. The lowest BCUT2D eigenvalue weighted by atomic mass is 10.0. The third-order valence-corrected chi connectivity index (χ3v) is 2.22. The van der Waals surface area contributed by atoms with Gasteiger partial charge in [0.1, 0.15) is 6.10 Å². The van der Waals surface area contributed by atoms with Crippen LogP contribution >= 0.6 is 0 Å². The van der Waals surface area contributed by atoms with Gasteiger partial charge in [-0.3, -0.25) is 0 Å². The number of hydrogen-bond acceptors (Lipinski definition) is 3. The van der Waals surface area contributed by atoms with E-state index in [0.29, 0.717) is 24.1 Å². The molecule has 1 aromatic carbocycles. The highest BCUT2D eigenvalue weighted by molar-refractivity contribution is 5.36. The van der Waals surface area contributed by atoms with Crippen LogP contribution in [0.3, 0.4) is 0 Å². The minimum Gasteiger partial charge on any atom is -0.390 e. The van der Waals surface area contributed by atoms with E-state index in [1.165, 1.54) is 0 Å². The van der Waals surface area contributed by atoms with Crippen LogP contribution in [0.1, 0.15) is 23.7 Å². The van der Waals surface area contributed by atoms with Crippen LogP contribution in [-0.2, 0) is 0 Å². The van der Waals surface area contributed by atoms with Crippen LogP contribution in [-0.4, -0.2) is 22.9 Å². The molecule has 2 atom stereocenters. The molecule has 2 unspecified atom stereocenters. The Morgan fingerprint density at radius 3 is 2.73 bits per heavy atom. The van der Waals surface area contributed by atoms with E-state index in [1.54, 1.807) is 24.3 Å². The smallest absolute Gasteiger partial charge is 0.105 e. The summed E-state index contributed by atoms with van der Waals surface area (Å²) in [6, 6.07) is 6.93. The molecule has 1 rings (SSSR count). The predicted octanol–water partition coefficient (Wildman–Crippen LogP) is 0.411. The lowest BCUT2D eigenvalue weighted by molar-refractivity contribution is 0.0150. The van der Waals surface area contributed by atoms with Gasteiger partial charge in [0.15, 0.2) is 0 Å². The van der Waals surface area contributed by atoms with Crippen molar-refractivity contribution in [2.24, 2.45) is 5.73 Å². The average molecular weight is 205 g/mol. The van der Waals surface area contributed by atoms with Gasteiger partial charge in [0.25, 0.3) is 0 Å². The summed E-state index contributed by atoms with van der Waals surface area (Å²) in [5.41, 5.74) is 6.60. The topological polar surface area (TPSA) is 66.5 Å². The van der Waals surface area contributed by atoms with Gasteiger partial charge in [-0.25, -0.2) is 0 Å². The maximum Gasteiger partial charge on any atom is 0.105 e. The van der Waals surface area contributed by atoms with Gasteiger partial charge < -0.3 is 15.9 Å². The Morgan fingerprint density at radius 1 is 1.40 bits per heavy atom. The van der Waals surface area contributed by atoms with Gasteiger partial charge in [0.2, 0.25) is 0 Å². The summed E-state index contributed by atoms with van der Waals surface area (Å²) in [4.78, 5) is 0. The second kappa shape index (κ2) is 5.52. The zero-order chi connectivity index (χ0) is 11.3. The standard InChI is InChI=1S/C12H15NO2/c1-2-9-4-3-5-10(8-9)12(15)11(14)6-7-13/h1,3-5,8,11-12,14-15H,6-7,13H2. The molecule has 0 aromatic heterocycles. The van der Waals surface area contributed by atoms with Crippen molar-refractivity contribution in [2.45, 2.75) is 18.6 Å². The van der Waals surface area contributed by atoms with Crippen LogP contribution in [0.25, 0.3) is 0 Å². The van der Waals surface area contributed by atoms with Crippen molar-refractivity contribution in [1.29, 1.82) is 0 Å². The number of nitrogens with two attached hydrogens (primary N) is 1. The van der Waals surface area contributed by atoms with E-state index in [9.17, 15) is 10.2 Å². The van der Waals surface area contributed by atoms with Crippen LogP contribution < -0.4 is 5.73 Å². The van der Waals surface area contributed by atoms with E-state index in [1.807, 2.05) is 0 Å². The Kier molecular flexibility index (Phi) is 4.32. The van der Waals surface area contributed by atoms with E-state index in [4.69, 9.17) is 12.2 Å². The summed E-state index contributed by atoms with van der Waals surface area (Å²) in [7, 11) is 0. The molecule has 80 valence electrons. The highest BCUT2D eigenvalue weighted by Crippen LogP contribution is 2.19. The molecule has 1 aromatic rings. The number of terminal acetylenes is 1. The van der Waals surface area contributed by atoms with Crippen molar-refractivity contribution < 1.29 is 10.2 Å². The first-order valence-corrected chi connectivity index (χ1v) is 4.81. The molecule has 0 aliphatic carbocycles. The molecule has 0 saturated carbocycles. The maximum atomic E-state index is 9.77. The quantitative estimate of drug-likeness (QED) is 0.624. The summed E-state index contributed by atoms with van der Waals surface area (Å²) >= 11 is 0. The first-order valence-electron chi connectivity index (χ1n) is 4.81. The molecule has 3 heteroatoms. The monoisotopic (exact) mass is 205 g/mol. The summed E-state index contributed by atoms with van der Waals surface area (Å²) in [6.45, 7) is 0.340. The van der Waals surface area contributed by atoms with E-state index >= 15 is 0 Å². The maximum absolute atomic E-state index is 9.77. The molecular formula is C12H15NO2. The number of rotatable bonds is 4. The van der Waals surface area contributed by atoms with Gasteiger partial charge in [-0.2, -0.15) is 0 Å². The van der Waals surface area contributed by atoms with Crippen molar-refractivity contribution in [2.75, 3.05) is 6.54 Å². The van der Waals surface area contributed by atoms with E-state index < -0.39 is 12.2 Å². The molecule has 0 radical (unpaired) electrons. The largest absolute Gasteiger partial charge is 0.390 e. The van der Waals surface area contributed by atoms with Crippen LogP contribution in [0.15, 0.2) is 24.3 Å². The van der Waals surface area contributed by atoms with Crippen molar-refractivity contribution in [3.8, 4) is 12.3 Å². The molecular weight excluding hydrogens is 190 g/mol. The number of aliphatic hydroxyl groups is 2. The first kappa shape index (κ1) is 11.7. The van der Waals surface area contributed by atoms with E-state index in [0.717, 1.165) is 0 Å². The third-order valence-electron chi connectivity index (χ3n) is 2.22.